The molecule has 1 saturated heterocycles. The molecule has 146 valence electrons. The molecule has 2 rings (SSSR count). The molecule has 1 aromatic carbocycles. The highest BCUT2D eigenvalue weighted by Crippen LogP contribution is 2.26. The van der Waals surface area contributed by atoms with Crippen molar-refractivity contribution in [2.45, 2.75) is 50.3 Å². The summed E-state index contributed by atoms with van der Waals surface area (Å²) in [5.74, 6) is -1.82. The first-order valence-electron chi connectivity index (χ1n) is 8.58. The van der Waals surface area contributed by atoms with Crippen molar-refractivity contribution in [2.75, 3.05) is 18.8 Å². The Hall–Kier alpha value is -1.70. The third kappa shape index (κ3) is 5.65. The van der Waals surface area contributed by atoms with E-state index in [2.05, 4.69) is 0 Å². The summed E-state index contributed by atoms with van der Waals surface area (Å²) in [6.07, 6.45) is -1.29. The van der Waals surface area contributed by atoms with E-state index in [1.54, 1.807) is 20.8 Å². The maximum Gasteiger partial charge on any atom is 0.410 e. The average Bonchev–Trinajstić information content (AvgIpc) is 2.53. The third-order valence-electron chi connectivity index (χ3n) is 4.24. The Kier molecular flexibility index (Phi) is 6.26. The predicted molar refractivity (Wildman–Crippen MR) is 93.9 cm³/mol. The van der Waals surface area contributed by atoms with Gasteiger partial charge in [-0.15, -0.1) is 0 Å². The zero-order valence-electron chi connectivity index (χ0n) is 15.2. The van der Waals surface area contributed by atoms with Crippen molar-refractivity contribution in [3.05, 3.63) is 30.1 Å². The lowest BCUT2D eigenvalue weighted by atomic mass is 9.93. The van der Waals surface area contributed by atoms with Gasteiger partial charge < -0.3 is 9.64 Å². The second-order valence-electron chi connectivity index (χ2n) is 7.56. The molecular formula is C18H25F2NO4S. The minimum Gasteiger partial charge on any atom is -0.444 e. The van der Waals surface area contributed by atoms with E-state index >= 15 is 0 Å². The molecule has 1 aliphatic rings. The van der Waals surface area contributed by atoms with Crippen LogP contribution in [0.25, 0.3) is 0 Å². The molecular weight excluding hydrogens is 364 g/mol. The van der Waals surface area contributed by atoms with Crippen LogP contribution < -0.4 is 0 Å². The van der Waals surface area contributed by atoms with Crippen LogP contribution in [0.1, 0.15) is 33.6 Å². The number of piperidine rings is 1. The summed E-state index contributed by atoms with van der Waals surface area (Å²) in [5.41, 5.74) is -0.602. The van der Waals surface area contributed by atoms with Gasteiger partial charge in [-0.1, -0.05) is 6.07 Å². The number of amides is 1. The molecule has 0 spiro atoms. The Bertz CT molecular complexity index is 738. The van der Waals surface area contributed by atoms with E-state index in [-0.39, 0.29) is 4.90 Å². The van der Waals surface area contributed by atoms with Gasteiger partial charge in [0.1, 0.15) is 17.6 Å². The van der Waals surface area contributed by atoms with Crippen LogP contribution in [-0.4, -0.2) is 50.0 Å². The van der Waals surface area contributed by atoms with Crippen molar-refractivity contribution in [3.63, 3.8) is 0 Å². The Labute approximate surface area is 153 Å². The van der Waals surface area contributed by atoms with E-state index in [0.717, 1.165) is 12.1 Å². The fraction of sp³-hybridized carbons (Fsp3) is 0.611. The van der Waals surface area contributed by atoms with Crippen LogP contribution in [0.2, 0.25) is 0 Å². The molecule has 1 heterocycles. The van der Waals surface area contributed by atoms with Gasteiger partial charge >= 0.3 is 6.09 Å². The summed E-state index contributed by atoms with van der Waals surface area (Å²) in [6.45, 7) is 5.95. The van der Waals surface area contributed by atoms with Crippen molar-refractivity contribution in [1.29, 1.82) is 0 Å². The normalized spacial score (nSPS) is 17.8. The van der Waals surface area contributed by atoms with Crippen molar-refractivity contribution in [3.8, 4) is 0 Å². The fourth-order valence-corrected chi connectivity index (χ4v) is 4.33. The van der Waals surface area contributed by atoms with Gasteiger partial charge in [0.15, 0.2) is 9.84 Å². The van der Waals surface area contributed by atoms with Crippen molar-refractivity contribution in [2.24, 2.45) is 5.92 Å². The lowest BCUT2D eigenvalue weighted by Crippen LogP contribution is -2.43. The summed E-state index contributed by atoms with van der Waals surface area (Å²) in [6, 6.07) is 4.58. The first-order valence-corrected chi connectivity index (χ1v) is 10.2. The molecule has 1 amide bonds. The number of likely N-dealkylation sites (tertiary alicyclic amines) is 1. The van der Waals surface area contributed by atoms with Crippen molar-refractivity contribution in [1.82, 2.24) is 4.90 Å². The lowest BCUT2D eigenvalue weighted by Gasteiger charge is -2.34. The number of rotatable bonds is 4. The molecule has 0 radical (unpaired) electrons. The smallest absolute Gasteiger partial charge is 0.410 e. The Morgan fingerprint density at radius 3 is 2.46 bits per heavy atom. The van der Waals surface area contributed by atoms with Crippen LogP contribution in [0.3, 0.4) is 0 Å². The number of nitrogens with zero attached hydrogens (tertiary/aromatic N) is 1. The number of carbonyl (C=O) groups is 1. The van der Waals surface area contributed by atoms with Gasteiger partial charge in [-0.2, -0.15) is 0 Å². The summed E-state index contributed by atoms with van der Waals surface area (Å²) >= 11 is 0. The monoisotopic (exact) mass is 389 g/mol. The van der Waals surface area contributed by atoms with Crippen LogP contribution in [0, 0.1) is 11.7 Å². The topological polar surface area (TPSA) is 63.7 Å². The number of benzene rings is 1. The number of ether oxygens (including phenoxy) is 1. The van der Waals surface area contributed by atoms with Crippen molar-refractivity contribution >= 4 is 15.9 Å². The summed E-state index contributed by atoms with van der Waals surface area (Å²) in [5, 5.41) is 0. The molecule has 8 heteroatoms. The summed E-state index contributed by atoms with van der Waals surface area (Å²) in [7, 11) is -3.91. The van der Waals surface area contributed by atoms with E-state index in [4.69, 9.17) is 4.74 Å². The number of sulfone groups is 1. The zero-order chi connectivity index (χ0) is 19.5. The SMILES string of the molecule is CC(C)(C)OC(=O)N1CCC(C(F)CS(=O)(=O)c2cccc(F)c2)CC1. The van der Waals surface area contributed by atoms with E-state index in [1.807, 2.05) is 0 Å². The third-order valence-corrected chi connectivity index (χ3v) is 5.97. The highest BCUT2D eigenvalue weighted by molar-refractivity contribution is 7.91. The zero-order valence-corrected chi connectivity index (χ0v) is 16.1. The molecule has 0 bridgehead atoms. The standard InChI is InChI=1S/C18H25F2NO4S/c1-18(2,3)25-17(22)21-9-7-13(8-10-21)16(20)12-26(23,24)15-6-4-5-14(19)11-15/h4-6,11,13,16H,7-10,12H2,1-3H3. The van der Waals surface area contributed by atoms with Gasteiger partial charge in [0.25, 0.3) is 0 Å². The van der Waals surface area contributed by atoms with Gasteiger partial charge in [-0.25, -0.2) is 22.0 Å². The number of hydrogen-bond acceptors (Lipinski definition) is 4. The Balaban J connectivity index is 1.92. The molecule has 1 fully saturated rings. The van der Waals surface area contributed by atoms with Gasteiger partial charge in [0.2, 0.25) is 0 Å². The molecule has 0 saturated carbocycles. The highest BCUT2D eigenvalue weighted by atomic mass is 32.2. The quantitative estimate of drug-likeness (QED) is 0.790. The highest BCUT2D eigenvalue weighted by Gasteiger charge is 2.33. The summed E-state index contributed by atoms with van der Waals surface area (Å²) in [4.78, 5) is 13.3. The minimum atomic E-state index is -3.91. The van der Waals surface area contributed by atoms with Gasteiger partial charge in [-0.05, 0) is 57.7 Å². The maximum absolute atomic E-state index is 14.6. The van der Waals surface area contributed by atoms with Crippen LogP contribution in [-0.2, 0) is 14.6 Å². The number of carbonyl (C=O) groups excluding carboxylic acids is 1. The van der Waals surface area contributed by atoms with Gasteiger partial charge in [-0.3, -0.25) is 0 Å². The minimum absolute atomic E-state index is 0.216. The van der Waals surface area contributed by atoms with Crippen LogP contribution in [0.5, 0.6) is 0 Å². The van der Waals surface area contributed by atoms with Crippen LogP contribution >= 0.6 is 0 Å². The predicted octanol–water partition coefficient (Wildman–Crippen LogP) is 3.58. The van der Waals surface area contributed by atoms with E-state index in [1.165, 1.54) is 17.0 Å². The largest absolute Gasteiger partial charge is 0.444 e. The molecule has 1 unspecified atom stereocenters. The first kappa shape index (κ1) is 20.6. The molecule has 0 aromatic heterocycles. The molecule has 1 aromatic rings. The molecule has 26 heavy (non-hydrogen) atoms. The molecule has 0 N–H and O–H groups in total. The number of alkyl halides is 1. The number of hydrogen-bond donors (Lipinski definition) is 0. The molecule has 1 aliphatic heterocycles. The van der Waals surface area contributed by atoms with Gasteiger partial charge in [0, 0.05) is 13.1 Å². The molecule has 1 atom stereocenters. The van der Waals surface area contributed by atoms with E-state index in [9.17, 15) is 22.0 Å². The van der Waals surface area contributed by atoms with Crippen LogP contribution in [0.4, 0.5) is 13.6 Å². The first-order chi connectivity index (χ1) is 12.0. The lowest BCUT2D eigenvalue weighted by molar-refractivity contribution is 0.0151. The van der Waals surface area contributed by atoms with E-state index < -0.39 is 45.2 Å². The van der Waals surface area contributed by atoms with Gasteiger partial charge in [0.05, 0.1) is 10.6 Å². The molecule has 5 nitrogen and oxygen atoms in total. The second-order valence-corrected chi connectivity index (χ2v) is 9.59. The van der Waals surface area contributed by atoms with Crippen LogP contribution in [0.15, 0.2) is 29.2 Å². The van der Waals surface area contributed by atoms with E-state index in [0.29, 0.717) is 25.9 Å². The average molecular weight is 389 g/mol. The molecule has 0 aliphatic carbocycles. The second kappa shape index (κ2) is 7.90. The fourth-order valence-electron chi connectivity index (χ4n) is 2.87. The maximum atomic E-state index is 14.6. The Morgan fingerprint density at radius 2 is 1.92 bits per heavy atom. The summed E-state index contributed by atoms with van der Waals surface area (Å²) < 4.78 is 57.6. The van der Waals surface area contributed by atoms with Crippen molar-refractivity contribution < 1.29 is 26.7 Å². The Morgan fingerprint density at radius 1 is 1.31 bits per heavy atom. The number of halogens is 2.